The minimum atomic E-state index is -0.767. The van der Waals surface area contributed by atoms with E-state index in [2.05, 4.69) is 5.32 Å². The fourth-order valence-electron chi connectivity index (χ4n) is 2.78. The minimum Gasteiger partial charge on any atom is -0.481 e. The molecule has 2 heterocycles. The van der Waals surface area contributed by atoms with Crippen molar-refractivity contribution in [3.63, 3.8) is 0 Å². The molecular formula is C13H22N2O3. The summed E-state index contributed by atoms with van der Waals surface area (Å²) in [6.07, 6.45) is 4.51. The molecule has 5 heteroatoms. The number of hydrogen-bond acceptors (Lipinski definition) is 3. The highest BCUT2D eigenvalue weighted by Gasteiger charge is 2.29. The number of nitrogens with zero attached hydrogens (tertiary/aromatic N) is 1. The highest BCUT2D eigenvalue weighted by atomic mass is 16.4. The number of amides is 1. The third-order valence-electron chi connectivity index (χ3n) is 3.97. The summed E-state index contributed by atoms with van der Waals surface area (Å²) in [6.45, 7) is 2.70. The molecule has 0 aliphatic carbocycles. The van der Waals surface area contributed by atoms with Gasteiger partial charge in [-0.2, -0.15) is 0 Å². The molecule has 1 atom stereocenters. The molecule has 2 rings (SSSR count). The summed E-state index contributed by atoms with van der Waals surface area (Å²) in [4.78, 5) is 24.8. The molecule has 2 aliphatic rings. The van der Waals surface area contributed by atoms with Gasteiger partial charge in [0, 0.05) is 25.4 Å². The maximum Gasteiger partial charge on any atom is 0.303 e. The first-order valence-corrected chi connectivity index (χ1v) is 6.89. The zero-order valence-corrected chi connectivity index (χ0v) is 10.7. The molecule has 0 spiro atoms. The van der Waals surface area contributed by atoms with Crippen LogP contribution in [0.15, 0.2) is 0 Å². The van der Waals surface area contributed by atoms with E-state index in [0.717, 1.165) is 38.9 Å². The predicted molar refractivity (Wildman–Crippen MR) is 67.2 cm³/mol. The summed E-state index contributed by atoms with van der Waals surface area (Å²) in [5.74, 6) is -0.0627. The molecule has 0 aromatic carbocycles. The lowest BCUT2D eigenvalue weighted by Crippen LogP contribution is -2.48. The number of carbonyl (C=O) groups is 2. The molecule has 2 aliphatic heterocycles. The molecule has 5 nitrogen and oxygen atoms in total. The van der Waals surface area contributed by atoms with Crippen molar-refractivity contribution in [3.8, 4) is 0 Å². The first-order valence-electron chi connectivity index (χ1n) is 6.89. The first kappa shape index (κ1) is 13.3. The number of rotatable bonds is 5. The number of carboxylic acid groups (broad SMARTS) is 1. The smallest absolute Gasteiger partial charge is 0.303 e. The maximum absolute atomic E-state index is 12.2. The van der Waals surface area contributed by atoms with Crippen LogP contribution in [0.25, 0.3) is 0 Å². The monoisotopic (exact) mass is 254 g/mol. The van der Waals surface area contributed by atoms with Gasteiger partial charge >= 0.3 is 5.97 Å². The number of piperidine rings is 1. The lowest BCUT2D eigenvalue weighted by Gasteiger charge is -2.37. The molecule has 2 N–H and O–H groups in total. The quantitative estimate of drug-likeness (QED) is 0.763. The molecule has 0 saturated carbocycles. The molecular weight excluding hydrogens is 232 g/mol. The Morgan fingerprint density at radius 1 is 1.28 bits per heavy atom. The lowest BCUT2D eigenvalue weighted by molar-refractivity contribution is -0.140. The Kier molecular flexibility index (Phi) is 4.58. The fraction of sp³-hybridized carbons (Fsp3) is 0.846. The Hall–Kier alpha value is -1.10. The first-order chi connectivity index (χ1) is 8.66. The molecule has 2 saturated heterocycles. The van der Waals surface area contributed by atoms with Gasteiger partial charge in [-0.3, -0.25) is 9.59 Å². The van der Waals surface area contributed by atoms with Gasteiger partial charge < -0.3 is 15.3 Å². The van der Waals surface area contributed by atoms with Gasteiger partial charge in [-0.05, 0) is 44.7 Å². The van der Waals surface area contributed by atoms with E-state index in [9.17, 15) is 9.59 Å². The Morgan fingerprint density at radius 2 is 2.06 bits per heavy atom. The number of hydrogen-bond donors (Lipinski definition) is 2. The van der Waals surface area contributed by atoms with E-state index in [1.54, 1.807) is 0 Å². The molecule has 1 amide bonds. The maximum atomic E-state index is 12.2. The van der Waals surface area contributed by atoms with Gasteiger partial charge in [0.05, 0.1) is 0 Å². The average Bonchev–Trinajstić information content (AvgIpc) is 2.31. The second-order valence-electron chi connectivity index (χ2n) is 5.40. The molecule has 0 bridgehead atoms. The fourth-order valence-corrected chi connectivity index (χ4v) is 2.78. The van der Waals surface area contributed by atoms with Crippen LogP contribution >= 0.6 is 0 Å². The van der Waals surface area contributed by atoms with Crippen molar-refractivity contribution in [2.24, 2.45) is 5.92 Å². The van der Waals surface area contributed by atoms with Gasteiger partial charge in [0.2, 0.25) is 5.91 Å². The molecule has 18 heavy (non-hydrogen) atoms. The van der Waals surface area contributed by atoms with Crippen molar-refractivity contribution in [2.45, 2.75) is 44.6 Å². The Labute approximate surface area is 108 Å². The molecule has 0 radical (unpaired) electrons. The average molecular weight is 254 g/mol. The number of carbonyl (C=O) groups excluding carboxylic acids is 1. The van der Waals surface area contributed by atoms with E-state index in [1.807, 2.05) is 4.90 Å². The highest BCUT2D eigenvalue weighted by molar-refractivity contribution is 5.77. The van der Waals surface area contributed by atoms with Crippen molar-refractivity contribution >= 4 is 11.9 Å². The number of likely N-dealkylation sites (tertiary alicyclic amines) is 1. The Balaban J connectivity index is 1.85. The van der Waals surface area contributed by atoms with Crippen LogP contribution in [0.2, 0.25) is 0 Å². The van der Waals surface area contributed by atoms with Crippen molar-refractivity contribution in [2.75, 3.05) is 19.6 Å². The third kappa shape index (κ3) is 3.45. The van der Waals surface area contributed by atoms with Gasteiger partial charge in [0.1, 0.15) is 0 Å². The van der Waals surface area contributed by atoms with Crippen molar-refractivity contribution in [1.82, 2.24) is 10.2 Å². The predicted octanol–water partition coefficient (Wildman–Crippen LogP) is 0.842. The summed E-state index contributed by atoms with van der Waals surface area (Å²) < 4.78 is 0. The van der Waals surface area contributed by atoms with E-state index >= 15 is 0 Å². The third-order valence-corrected chi connectivity index (χ3v) is 3.97. The number of aliphatic carboxylic acids is 1. The molecule has 2 fully saturated rings. The van der Waals surface area contributed by atoms with Gasteiger partial charge in [0.15, 0.2) is 0 Å². The van der Waals surface area contributed by atoms with Crippen LogP contribution in [0.3, 0.4) is 0 Å². The SMILES string of the molecule is O=C(O)CCC1CCCCN1C(=O)CC1CNC1. The Morgan fingerprint density at radius 3 is 2.67 bits per heavy atom. The summed E-state index contributed by atoms with van der Waals surface area (Å²) in [7, 11) is 0. The van der Waals surface area contributed by atoms with Crippen LogP contribution in [0.4, 0.5) is 0 Å². The van der Waals surface area contributed by atoms with Gasteiger partial charge in [0.25, 0.3) is 0 Å². The van der Waals surface area contributed by atoms with Crippen LogP contribution in [-0.2, 0) is 9.59 Å². The number of carboxylic acids is 1. The van der Waals surface area contributed by atoms with Crippen LogP contribution in [0.1, 0.15) is 38.5 Å². The number of nitrogens with one attached hydrogen (secondary N) is 1. The van der Waals surface area contributed by atoms with E-state index in [0.29, 0.717) is 18.8 Å². The molecule has 1 unspecified atom stereocenters. The van der Waals surface area contributed by atoms with E-state index in [-0.39, 0.29) is 18.4 Å². The topological polar surface area (TPSA) is 69.6 Å². The van der Waals surface area contributed by atoms with E-state index in [4.69, 9.17) is 5.11 Å². The zero-order chi connectivity index (χ0) is 13.0. The zero-order valence-electron chi connectivity index (χ0n) is 10.7. The normalized spacial score (nSPS) is 24.7. The summed E-state index contributed by atoms with van der Waals surface area (Å²) >= 11 is 0. The second-order valence-corrected chi connectivity index (χ2v) is 5.40. The summed E-state index contributed by atoms with van der Waals surface area (Å²) in [6, 6.07) is 0.149. The molecule has 0 aromatic heterocycles. The Bertz CT molecular complexity index is 315. The second kappa shape index (κ2) is 6.18. The minimum absolute atomic E-state index is 0.149. The van der Waals surface area contributed by atoms with Crippen molar-refractivity contribution in [1.29, 1.82) is 0 Å². The largest absolute Gasteiger partial charge is 0.481 e. The van der Waals surface area contributed by atoms with Crippen LogP contribution in [0.5, 0.6) is 0 Å². The summed E-state index contributed by atoms with van der Waals surface area (Å²) in [5, 5.41) is 11.9. The lowest BCUT2D eigenvalue weighted by atomic mass is 9.94. The van der Waals surface area contributed by atoms with Crippen LogP contribution < -0.4 is 5.32 Å². The van der Waals surface area contributed by atoms with E-state index < -0.39 is 5.97 Å². The van der Waals surface area contributed by atoms with Crippen LogP contribution in [-0.4, -0.2) is 47.6 Å². The van der Waals surface area contributed by atoms with Crippen molar-refractivity contribution < 1.29 is 14.7 Å². The highest BCUT2D eigenvalue weighted by Crippen LogP contribution is 2.23. The molecule has 0 aromatic rings. The van der Waals surface area contributed by atoms with Gasteiger partial charge in [-0.15, -0.1) is 0 Å². The standard InChI is InChI=1S/C13H22N2O3/c16-12(7-10-8-14-9-10)15-6-2-1-3-11(15)4-5-13(17)18/h10-11,14H,1-9H2,(H,17,18). The van der Waals surface area contributed by atoms with Gasteiger partial charge in [-0.1, -0.05) is 0 Å². The summed E-state index contributed by atoms with van der Waals surface area (Å²) in [5.41, 5.74) is 0. The molecule has 102 valence electrons. The van der Waals surface area contributed by atoms with Crippen LogP contribution in [0, 0.1) is 5.92 Å². The van der Waals surface area contributed by atoms with Gasteiger partial charge in [-0.25, -0.2) is 0 Å². The van der Waals surface area contributed by atoms with E-state index in [1.165, 1.54) is 0 Å². The van der Waals surface area contributed by atoms with Crippen molar-refractivity contribution in [3.05, 3.63) is 0 Å².